The Labute approximate surface area is 144 Å². The Hall–Kier alpha value is -2.61. The summed E-state index contributed by atoms with van der Waals surface area (Å²) in [4.78, 5) is 24.3. The van der Waals surface area contributed by atoms with Crippen LogP contribution in [0.15, 0.2) is 12.1 Å². The molecule has 0 aromatic carbocycles. The zero-order chi connectivity index (χ0) is 17.4. The summed E-state index contributed by atoms with van der Waals surface area (Å²) in [6.45, 7) is 2.79. The van der Waals surface area contributed by atoms with E-state index < -0.39 is 5.97 Å². The lowest BCUT2D eigenvalue weighted by Gasteiger charge is -2.19. The first-order valence-electron chi connectivity index (χ1n) is 8.39. The summed E-state index contributed by atoms with van der Waals surface area (Å²) >= 11 is 0. The molecule has 0 unspecified atom stereocenters. The summed E-state index contributed by atoms with van der Waals surface area (Å²) in [5.74, 6) is -0.596. The molecule has 2 aromatic rings. The summed E-state index contributed by atoms with van der Waals surface area (Å²) in [6.07, 6.45) is 2.05. The van der Waals surface area contributed by atoms with Crippen LogP contribution in [0, 0.1) is 0 Å². The number of esters is 1. The van der Waals surface area contributed by atoms with Gasteiger partial charge in [0, 0.05) is 24.5 Å². The van der Waals surface area contributed by atoms with Crippen LogP contribution in [-0.2, 0) is 42.1 Å². The standard InChI is InChI=1S/C17H20N4O4/c1-24-17(23)13-7-12(20-5-6-25-10-15(13)20)9-18-16(22)14-8-11-3-2-4-21(11)19-14/h7-8H,2-6,9-10H2,1H3,(H,18,22). The van der Waals surface area contributed by atoms with E-state index >= 15 is 0 Å². The topological polar surface area (TPSA) is 87.4 Å². The predicted molar refractivity (Wildman–Crippen MR) is 87.1 cm³/mol. The zero-order valence-corrected chi connectivity index (χ0v) is 14.1. The van der Waals surface area contributed by atoms with Crippen LogP contribution >= 0.6 is 0 Å². The van der Waals surface area contributed by atoms with E-state index in [1.165, 1.54) is 7.11 Å². The van der Waals surface area contributed by atoms with E-state index in [1.807, 2.05) is 15.3 Å². The van der Waals surface area contributed by atoms with Gasteiger partial charge in [-0.3, -0.25) is 9.48 Å². The van der Waals surface area contributed by atoms with E-state index in [0.29, 0.717) is 37.6 Å². The minimum Gasteiger partial charge on any atom is -0.465 e. The monoisotopic (exact) mass is 344 g/mol. The first-order valence-corrected chi connectivity index (χ1v) is 8.39. The number of fused-ring (bicyclic) bond motifs is 2. The van der Waals surface area contributed by atoms with Gasteiger partial charge >= 0.3 is 5.97 Å². The maximum absolute atomic E-state index is 12.4. The molecule has 25 heavy (non-hydrogen) atoms. The number of hydrogen-bond acceptors (Lipinski definition) is 5. The fourth-order valence-corrected chi connectivity index (χ4v) is 3.47. The van der Waals surface area contributed by atoms with Crippen molar-refractivity contribution in [2.75, 3.05) is 13.7 Å². The molecule has 0 saturated carbocycles. The van der Waals surface area contributed by atoms with E-state index in [4.69, 9.17) is 9.47 Å². The Morgan fingerprint density at radius 1 is 1.36 bits per heavy atom. The highest BCUT2D eigenvalue weighted by Gasteiger charge is 2.24. The molecule has 8 heteroatoms. The van der Waals surface area contributed by atoms with E-state index in [9.17, 15) is 9.59 Å². The summed E-state index contributed by atoms with van der Waals surface area (Å²) < 4.78 is 14.2. The molecule has 2 aliphatic heterocycles. The summed E-state index contributed by atoms with van der Waals surface area (Å²) in [6, 6.07) is 3.62. The highest BCUT2D eigenvalue weighted by atomic mass is 16.5. The van der Waals surface area contributed by atoms with Gasteiger partial charge in [0.15, 0.2) is 0 Å². The van der Waals surface area contributed by atoms with Crippen LogP contribution in [0.25, 0.3) is 0 Å². The number of rotatable bonds is 4. The van der Waals surface area contributed by atoms with Crippen molar-refractivity contribution in [1.82, 2.24) is 19.7 Å². The fraction of sp³-hybridized carbons (Fsp3) is 0.471. The Balaban J connectivity index is 1.51. The van der Waals surface area contributed by atoms with Gasteiger partial charge in [0.25, 0.3) is 5.91 Å². The lowest BCUT2D eigenvalue weighted by Crippen LogP contribution is -2.26. The summed E-state index contributed by atoms with van der Waals surface area (Å²) in [5.41, 5.74) is 3.70. The highest BCUT2D eigenvalue weighted by molar-refractivity contribution is 5.93. The van der Waals surface area contributed by atoms with Gasteiger partial charge in [-0.1, -0.05) is 0 Å². The van der Waals surface area contributed by atoms with Crippen molar-refractivity contribution < 1.29 is 19.1 Å². The number of ether oxygens (including phenoxy) is 2. The van der Waals surface area contributed by atoms with Crippen LogP contribution in [0.2, 0.25) is 0 Å². The van der Waals surface area contributed by atoms with Crippen LogP contribution < -0.4 is 5.32 Å². The molecular weight excluding hydrogens is 324 g/mol. The maximum Gasteiger partial charge on any atom is 0.339 e. The number of aromatic nitrogens is 3. The van der Waals surface area contributed by atoms with Crippen molar-refractivity contribution >= 4 is 11.9 Å². The first-order chi connectivity index (χ1) is 12.2. The Morgan fingerprint density at radius 2 is 2.24 bits per heavy atom. The number of hydrogen-bond donors (Lipinski definition) is 1. The SMILES string of the molecule is COC(=O)c1cc(CNC(=O)c2cc3n(n2)CCC3)n2c1COCC2. The van der Waals surface area contributed by atoms with E-state index in [1.54, 1.807) is 6.07 Å². The molecule has 0 atom stereocenters. The van der Waals surface area contributed by atoms with Gasteiger partial charge in [-0.05, 0) is 25.0 Å². The fourth-order valence-electron chi connectivity index (χ4n) is 3.47. The molecule has 0 radical (unpaired) electrons. The van der Waals surface area contributed by atoms with Gasteiger partial charge < -0.3 is 19.4 Å². The van der Waals surface area contributed by atoms with Crippen LogP contribution in [0.4, 0.5) is 0 Å². The number of aryl methyl sites for hydroxylation is 2. The molecule has 8 nitrogen and oxygen atoms in total. The molecule has 4 heterocycles. The largest absolute Gasteiger partial charge is 0.465 e. The molecule has 2 aliphatic rings. The average molecular weight is 344 g/mol. The molecule has 2 aromatic heterocycles. The first kappa shape index (κ1) is 15.9. The Morgan fingerprint density at radius 3 is 3.04 bits per heavy atom. The summed E-state index contributed by atoms with van der Waals surface area (Å²) in [7, 11) is 1.36. The lowest BCUT2D eigenvalue weighted by molar-refractivity contribution is 0.0574. The van der Waals surface area contributed by atoms with Crippen LogP contribution in [0.3, 0.4) is 0 Å². The number of carbonyl (C=O) groups is 2. The Kier molecular flexibility index (Phi) is 4.04. The molecule has 0 fully saturated rings. The van der Waals surface area contributed by atoms with Gasteiger partial charge in [-0.25, -0.2) is 4.79 Å². The van der Waals surface area contributed by atoms with E-state index in [0.717, 1.165) is 36.5 Å². The number of amides is 1. The molecule has 4 rings (SSSR count). The molecular formula is C17H20N4O4. The number of nitrogens with zero attached hydrogens (tertiary/aromatic N) is 3. The van der Waals surface area contributed by atoms with Crippen molar-refractivity contribution in [2.45, 2.75) is 39.1 Å². The normalized spacial score (nSPS) is 15.6. The minimum atomic E-state index is -0.391. The van der Waals surface area contributed by atoms with Gasteiger partial charge in [0.2, 0.25) is 0 Å². The van der Waals surface area contributed by atoms with E-state index in [-0.39, 0.29) is 5.91 Å². The second-order valence-electron chi connectivity index (χ2n) is 6.22. The number of methoxy groups -OCH3 is 1. The third kappa shape index (κ3) is 2.82. The van der Waals surface area contributed by atoms with Crippen molar-refractivity contribution in [2.24, 2.45) is 0 Å². The van der Waals surface area contributed by atoms with Crippen molar-refractivity contribution in [3.05, 3.63) is 40.5 Å². The number of carbonyl (C=O) groups excluding carboxylic acids is 2. The third-order valence-corrected chi connectivity index (χ3v) is 4.73. The van der Waals surface area contributed by atoms with Crippen LogP contribution in [0.5, 0.6) is 0 Å². The molecule has 1 amide bonds. The molecule has 0 aliphatic carbocycles. The van der Waals surface area contributed by atoms with Crippen LogP contribution in [0.1, 0.15) is 44.3 Å². The zero-order valence-electron chi connectivity index (χ0n) is 14.1. The summed E-state index contributed by atoms with van der Waals surface area (Å²) in [5, 5.41) is 7.24. The van der Waals surface area contributed by atoms with Crippen molar-refractivity contribution in [3.63, 3.8) is 0 Å². The molecule has 1 N–H and O–H groups in total. The quantitative estimate of drug-likeness (QED) is 0.832. The molecule has 132 valence electrons. The van der Waals surface area contributed by atoms with Crippen molar-refractivity contribution in [1.29, 1.82) is 0 Å². The van der Waals surface area contributed by atoms with Gasteiger partial charge in [0.1, 0.15) is 5.69 Å². The van der Waals surface area contributed by atoms with Crippen molar-refractivity contribution in [3.8, 4) is 0 Å². The average Bonchev–Trinajstić information content (AvgIpc) is 3.32. The van der Waals surface area contributed by atoms with Gasteiger partial charge in [-0.2, -0.15) is 5.10 Å². The third-order valence-electron chi connectivity index (χ3n) is 4.73. The molecule has 0 bridgehead atoms. The highest BCUT2D eigenvalue weighted by Crippen LogP contribution is 2.22. The van der Waals surface area contributed by atoms with E-state index in [2.05, 4.69) is 10.4 Å². The molecule has 0 saturated heterocycles. The molecule has 0 spiro atoms. The minimum absolute atomic E-state index is 0.205. The second-order valence-corrected chi connectivity index (χ2v) is 6.22. The van der Waals surface area contributed by atoms with Gasteiger partial charge in [0.05, 0.1) is 38.1 Å². The smallest absolute Gasteiger partial charge is 0.339 e. The lowest BCUT2D eigenvalue weighted by atomic mass is 10.2. The van der Waals surface area contributed by atoms with Gasteiger partial charge in [-0.15, -0.1) is 0 Å². The number of nitrogens with one attached hydrogen (secondary N) is 1. The Bertz CT molecular complexity index is 815. The second kappa shape index (κ2) is 6.36. The predicted octanol–water partition coefficient (Wildman–Crippen LogP) is 0.878. The van der Waals surface area contributed by atoms with Crippen LogP contribution in [-0.4, -0.2) is 39.9 Å². The maximum atomic E-state index is 12.4.